The molecule has 0 unspecified atom stereocenters. The predicted octanol–water partition coefficient (Wildman–Crippen LogP) is 2.33. The summed E-state index contributed by atoms with van der Waals surface area (Å²) in [6.45, 7) is 1.28. The van der Waals surface area contributed by atoms with Crippen molar-refractivity contribution in [3.63, 3.8) is 0 Å². The Balaban J connectivity index is 1.55. The monoisotopic (exact) mass is 353 g/mol. The number of hydrogen-bond acceptors (Lipinski definition) is 4. The van der Waals surface area contributed by atoms with Crippen molar-refractivity contribution >= 4 is 23.2 Å². The SMILES string of the molecule is NCCOc1ccc(NC(=O)CCN2C(=O)CCc3ccccc32)cc1. The molecule has 2 amide bonds. The van der Waals surface area contributed by atoms with E-state index in [0.29, 0.717) is 37.6 Å². The lowest BCUT2D eigenvalue weighted by Crippen LogP contribution is -2.37. The Morgan fingerprint density at radius 1 is 1.12 bits per heavy atom. The summed E-state index contributed by atoms with van der Waals surface area (Å²) in [4.78, 5) is 26.2. The number of nitrogens with two attached hydrogens (primary N) is 1. The molecule has 1 aliphatic heterocycles. The van der Waals surface area contributed by atoms with E-state index in [1.54, 1.807) is 29.2 Å². The first kappa shape index (κ1) is 17.9. The lowest BCUT2D eigenvalue weighted by molar-refractivity contribution is -0.119. The van der Waals surface area contributed by atoms with Gasteiger partial charge in [0, 0.05) is 37.3 Å². The maximum Gasteiger partial charge on any atom is 0.227 e. The van der Waals surface area contributed by atoms with E-state index in [1.807, 2.05) is 24.3 Å². The van der Waals surface area contributed by atoms with Crippen LogP contribution in [0.4, 0.5) is 11.4 Å². The number of benzene rings is 2. The molecular weight excluding hydrogens is 330 g/mol. The third-order valence-corrected chi connectivity index (χ3v) is 4.28. The molecule has 0 fully saturated rings. The van der Waals surface area contributed by atoms with Crippen LogP contribution < -0.4 is 20.7 Å². The van der Waals surface area contributed by atoms with Crippen LogP contribution >= 0.6 is 0 Å². The summed E-state index contributed by atoms with van der Waals surface area (Å²) in [6, 6.07) is 15.0. The van der Waals surface area contributed by atoms with Gasteiger partial charge in [-0.25, -0.2) is 0 Å². The highest BCUT2D eigenvalue weighted by molar-refractivity contribution is 5.98. The van der Waals surface area contributed by atoms with Gasteiger partial charge in [-0.2, -0.15) is 0 Å². The molecule has 136 valence electrons. The standard InChI is InChI=1S/C20H23N3O3/c21-12-14-26-17-8-6-16(7-9-17)22-19(24)11-13-23-18-4-2-1-3-15(18)5-10-20(23)25/h1-4,6-9H,5,10-14,21H2,(H,22,24). The van der Waals surface area contributed by atoms with Crippen LogP contribution in [0.2, 0.25) is 0 Å². The summed E-state index contributed by atoms with van der Waals surface area (Å²) in [7, 11) is 0. The Kier molecular flexibility index (Phi) is 5.86. The lowest BCUT2D eigenvalue weighted by atomic mass is 10.0. The minimum atomic E-state index is -0.128. The second-order valence-corrected chi connectivity index (χ2v) is 6.13. The van der Waals surface area contributed by atoms with Crippen LogP contribution in [0.25, 0.3) is 0 Å². The van der Waals surface area contributed by atoms with Crippen molar-refractivity contribution < 1.29 is 14.3 Å². The maximum absolute atomic E-state index is 12.2. The fourth-order valence-electron chi connectivity index (χ4n) is 2.99. The normalized spacial score (nSPS) is 13.3. The van der Waals surface area contributed by atoms with Crippen molar-refractivity contribution in [1.29, 1.82) is 0 Å². The van der Waals surface area contributed by atoms with Gasteiger partial charge in [-0.3, -0.25) is 9.59 Å². The van der Waals surface area contributed by atoms with Crippen molar-refractivity contribution in [3.8, 4) is 5.75 Å². The fraction of sp³-hybridized carbons (Fsp3) is 0.300. The summed E-state index contributed by atoms with van der Waals surface area (Å²) < 4.78 is 5.41. The molecule has 1 aliphatic rings. The maximum atomic E-state index is 12.2. The smallest absolute Gasteiger partial charge is 0.227 e. The lowest BCUT2D eigenvalue weighted by Gasteiger charge is -2.29. The van der Waals surface area contributed by atoms with E-state index in [-0.39, 0.29) is 18.2 Å². The Hall–Kier alpha value is -2.86. The summed E-state index contributed by atoms with van der Waals surface area (Å²) in [5.74, 6) is 0.651. The number of fused-ring (bicyclic) bond motifs is 1. The molecule has 0 saturated carbocycles. The summed E-state index contributed by atoms with van der Waals surface area (Å²) in [6.07, 6.45) is 1.49. The second-order valence-electron chi connectivity index (χ2n) is 6.13. The summed E-state index contributed by atoms with van der Waals surface area (Å²) in [5, 5.41) is 2.85. The third kappa shape index (κ3) is 4.40. The van der Waals surface area contributed by atoms with Gasteiger partial charge in [0.2, 0.25) is 11.8 Å². The van der Waals surface area contributed by atoms with E-state index in [9.17, 15) is 9.59 Å². The number of hydrogen-bond donors (Lipinski definition) is 2. The highest BCUT2D eigenvalue weighted by atomic mass is 16.5. The number of para-hydroxylation sites is 1. The van der Waals surface area contributed by atoms with Gasteiger partial charge in [0.15, 0.2) is 0 Å². The molecule has 3 N–H and O–H groups in total. The Bertz CT molecular complexity index is 774. The van der Waals surface area contributed by atoms with Gasteiger partial charge in [-0.15, -0.1) is 0 Å². The van der Waals surface area contributed by atoms with Crippen LogP contribution in [0.1, 0.15) is 18.4 Å². The molecule has 6 heteroatoms. The number of anilines is 2. The zero-order valence-corrected chi connectivity index (χ0v) is 14.6. The van der Waals surface area contributed by atoms with Crippen LogP contribution in [-0.2, 0) is 16.0 Å². The first-order chi connectivity index (χ1) is 12.7. The van der Waals surface area contributed by atoms with E-state index in [0.717, 1.165) is 17.7 Å². The van der Waals surface area contributed by atoms with E-state index >= 15 is 0 Å². The minimum absolute atomic E-state index is 0.0675. The quantitative estimate of drug-likeness (QED) is 0.800. The van der Waals surface area contributed by atoms with Crippen molar-refractivity contribution in [2.24, 2.45) is 5.73 Å². The molecule has 0 radical (unpaired) electrons. The number of amides is 2. The van der Waals surface area contributed by atoms with Gasteiger partial charge in [0.05, 0.1) is 0 Å². The molecule has 0 aliphatic carbocycles. The minimum Gasteiger partial charge on any atom is -0.492 e. The Labute approximate surface area is 152 Å². The zero-order chi connectivity index (χ0) is 18.4. The number of carbonyl (C=O) groups excluding carboxylic acids is 2. The van der Waals surface area contributed by atoms with Gasteiger partial charge in [0.25, 0.3) is 0 Å². The van der Waals surface area contributed by atoms with Crippen molar-refractivity contribution in [1.82, 2.24) is 0 Å². The van der Waals surface area contributed by atoms with Gasteiger partial charge < -0.3 is 20.7 Å². The number of nitrogens with zero attached hydrogens (tertiary/aromatic N) is 1. The van der Waals surface area contributed by atoms with E-state index in [1.165, 1.54) is 0 Å². The highest BCUT2D eigenvalue weighted by Gasteiger charge is 2.23. The second kappa shape index (κ2) is 8.49. The molecule has 2 aromatic rings. The number of rotatable bonds is 7. The topological polar surface area (TPSA) is 84.7 Å². The van der Waals surface area contributed by atoms with Gasteiger partial charge in [-0.1, -0.05) is 18.2 Å². The molecule has 6 nitrogen and oxygen atoms in total. The van der Waals surface area contributed by atoms with Crippen LogP contribution in [0, 0.1) is 0 Å². The van der Waals surface area contributed by atoms with Crippen molar-refractivity contribution in [2.75, 3.05) is 29.9 Å². The predicted molar refractivity (Wildman–Crippen MR) is 101 cm³/mol. The molecule has 0 saturated heterocycles. The number of nitrogens with one attached hydrogen (secondary N) is 1. The first-order valence-corrected chi connectivity index (χ1v) is 8.78. The molecule has 3 rings (SSSR count). The molecule has 26 heavy (non-hydrogen) atoms. The number of ether oxygens (including phenoxy) is 1. The van der Waals surface area contributed by atoms with E-state index in [4.69, 9.17) is 10.5 Å². The summed E-state index contributed by atoms with van der Waals surface area (Å²) in [5.41, 5.74) is 8.16. The fourth-order valence-corrected chi connectivity index (χ4v) is 2.99. The summed E-state index contributed by atoms with van der Waals surface area (Å²) >= 11 is 0. The highest BCUT2D eigenvalue weighted by Crippen LogP contribution is 2.27. The average Bonchev–Trinajstić information content (AvgIpc) is 2.66. The number of carbonyl (C=O) groups is 2. The van der Waals surface area contributed by atoms with Crippen LogP contribution in [-0.4, -0.2) is 31.5 Å². The molecular formula is C20H23N3O3. The molecule has 0 aromatic heterocycles. The van der Waals surface area contributed by atoms with E-state index in [2.05, 4.69) is 5.32 Å². The Morgan fingerprint density at radius 2 is 1.88 bits per heavy atom. The first-order valence-electron chi connectivity index (χ1n) is 8.78. The zero-order valence-electron chi connectivity index (χ0n) is 14.6. The van der Waals surface area contributed by atoms with Crippen LogP contribution in [0.5, 0.6) is 5.75 Å². The van der Waals surface area contributed by atoms with Crippen molar-refractivity contribution in [3.05, 3.63) is 54.1 Å². The molecule has 1 heterocycles. The van der Waals surface area contributed by atoms with Gasteiger partial charge in [-0.05, 0) is 42.3 Å². The Morgan fingerprint density at radius 3 is 2.65 bits per heavy atom. The third-order valence-electron chi connectivity index (χ3n) is 4.28. The van der Waals surface area contributed by atoms with Gasteiger partial charge in [0.1, 0.15) is 12.4 Å². The molecule has 0 bridgehead atoms. The largest absolute Gasteiger partial charge is 0.492 e. The van der Waals surface area contributed by atoms with Gasteiger partial charge >= 0.3 is 0 Å². The van der Waals surface area contributed by atoms with Crippen molar-refractivity contribution in [2.45, 2.75) is 19.3 Å². The van der Waals surface area contributed by atoms with Crippen LogP contribution in [0.15, 0.2) is 48.5 Å². The molecule has 2 aromatic carbocycles. The van der Waals surface area contributed by atoms with Crippen LogP contribution in [0.3, 0.4) is 0 Å². The van der Waals surface area contributed by atoms with E-state index < -0.39 is 0 Å². The molecule has 0 atom stereocenters. The number of aryl methyl sites for hydroxylation is 1. The average molecular weight is 353 g/mol. The molecule has 0 spiro atoms.